The summed E-state index contributed by atoms with van der Waals surface area (Å²) in [5.41, 5.74) is 2.30. The number of carbonyl (C=O) groups excluding carboxylic acids is 1. The SMILES string of the molecule is COCc1nc(C2CCCN(C(=O)NCc3ccc(C)cc3)C2)no1. The van der Waals surface area contributed by atoms with Crippen LogP contribution in [0.2, 0.25) is 0 Å². The second-order valence-corrected chi connectivity index (χ2v) is 6.41. The standard InChI is InChI=1S/C18H24N4O3/c1-13-5-7-14(8-6-13)10-19-18(23)22-9-3-4-15(11-22)17-20-16(12-24-2)25-21-17/h5-8,15H,3-4,9-12H2,1-2H3,(H,19,23). The van der Waals surface area contributed by atoms with E-state index in [1.165, 1.54) is 5.56 Å². The number of benzene rings is 1. The van der Waals surface area contributed by atoms with Crippen LogP contribution >= 0.6 is 0 Å². The number of hydrogen-bond donors (Lipinski definition) is 1. The van der Waals surface area contributed by atoms with Gasteiger partial charge in [-0.3, -0.25) is 0 Å². The number of aromatic nitrogens is 2. The van der Waals surface area contributed by atoms with Gasteiger partial charge in [0.15, 0.2) is 5.82 Å². The fourth-order valence-corrected chi connectivity index (χ4v) is 2.98. The second kappa shape index (κ2) is 8.11. The molecule has 1 unspecified atom stereocenters. The Kier molecular flexibility index (Phi) is 5.65. The van der Waals surface area contributed by atoms with E-state index in [0.717, 1.165) is 24.9 Å². The third-order valence-corrected chi connectivity index (χ3v) is 4.39. The lowest BCUT2D eigenvalue weighted by Gasteiger charge is -2.31. The molecule has 1 saturated heterocycles. The highest BCUT2D eigenvalue weighted by Crippen LogP contribution is 2.25. The Morgan fingerprint density at radius 3 is 2.96 bits per heavy atom. The molecule has 1 fully saturated rings. The summed E-state index contributed by atoms with van der Waals surface area (Å²) >= 11 is 0. The first-order valence-electron chi connectivity index (χ1n) is 8.55. The zero-order valence-corrected chi connectivity index (χ0v) is 14.7. The van der Waals surface area contributed by atoms with Crippen LogP contribution in [0.4, 0.5) is 4.79 Å². The monoisotopic (exact) mass is 344 g/mol. The molecule has 2 heterocycles. The summed E-state index contributed by atoms with van der Waals surface area (Å²) in [6.07, 6.45) is 1.88. The fraction of sp³-hybridized carbons (Fsp3) is 0.500. The maximum atomic E-state index is 12.5. The molecule has 1 aromatic heterocycles. The van der Waals surface area contributed by atoms with Crippen LogP contribution in [-0.2, 0) is 17.9 Å². The molecular weight excluding hydrogens is 320 g/mol. The summed E-state index contributed by atoms with van der Waals surface area (Å²) in [5.74, 6) is 1.23. The predicted octanol–water partition coefficient (Wildman–Crippen LogP) is 2.61. The van der Waals surface area contributed by atoms with Crippen molar-refractivity contribution in [3.8, 4) is 0 Å². The van der Waals surface area contributed by atoms with Crippen molar-refractivity contribution in [1.82, 2.24) is 20.4 Å². The predicted molar refractivity (Wildman–Crippen MR) is 92.0 cm³/mol. The number of nitrogens with one attached hydrogen (secondary N) is 1. The number of nitrogens with zero attached hydrogens (tertiary/aromatic N) is 3. The minimum absolute atomic E-state index is 0.0501. The number of methoxy groups -OCH3 is 1. The number of amides is 2. The Labute approximate surface area is 147 Å². The molecule has 3 rings (SSSR count). The number of rotatable bonds is 5. The zero-order chi connectivity index (χ0) is 17.6. The lowest BCUT2D eigenvalue weighted by molar-refractivity contribution is 0.151. The van der Waals surface area contributed by atoms with Crippen molar-refractivity contribution in [1.29, 1.82) is 0 Å². The molecular formula is C18H24N4O3. The van der Waals surface area contributed by atoms with Crippen LogP contribution in [0.15, 0.2) is 28.8 Å². The van der Waals surface area contributed by atoms with Gasteiger partial charge in [-0.25, -0.2) is 4.79 Å². The van der Waals surface area contributed by atoms with Gasteiger partial charge in [-0.15, -0.1) is 0 Å². The molecule has 0 spiro atoms. The van der Waals surface area contributed by atoms with Gasteiger partial charge in [-0.1, -0.05) is 35.0 Å². The Morgan fingerprint density at radius 2 is 2.20 bits per heavy atom. The average Bonchev–Trinajstić information content (AvgIpc) is 3.10. The summed E-state index contributed by atoms with van der Waals surface area (Å²) in [5, 5.41) is 7.02. The number of urea groups is 1. The number of hydrogen-bond acceptors (Lipinski definition) is 5. The smallest absolute Gasteiger partial charge is 0.317 e. The van der Waals surface area contributed by atoms with Crippen molar-refractivity contribution in [3.63, 3.8) is 0 Å². The van der Waals surface area contributed by atoms with E-state index < -0.39 is 0 Å². The highest BCUT2D eigenvalue weighted by Gasteiger charge is 2.27. The maximum Gasteiger partial charge on any atom is 0.317 e. The summed E-state index contributed by atoms with van der Waals surface area (Å²) in [6, 6.07) is 8.11. The Hall–Kier alpha value is -2.41. The normalized spacial score (nSPS) is 17.5. The highest BCUT2D eigenvalue weighted by molar-refractivity contribution is 5.74. The molecule has 1 atom stereocenters. The maximum absolute atomic E-state index is 12.5. The first-order valence-corrected chi connectivity index (χ1v) is 8.55. The summed E-state index contributed by atoms with van der Waals surface area (Å²) in [7, 11) is 1.59. The van der Waals surface area contributed by atoms with Crippen LogP contribution in [0, 0.1) is 6.92 Å². The van der Waals surface area contributed by atoms with Crippen LogP contribution in [0.3, 0.4) is 0 Å². The van der Waals surface area contributed by atoms with Gasteiger partial charge in [0.2, 0.25) is 0 Å². The van der Waals surface area contributed by atoms with Crippen molar-refractivity contribution in [2.75, 3.05) is 20.2 Å². The van der Waals surface area contributed by atoms with Crippen molar-refractivity contribution in [2.24, 2.45) is 0 Å². The molecule has 1 aliphatic heterocycles. The van der Waals surface area contributed by atoms with Crippen LogP contribution in [0.5, 0.6) is 0 Å². The number of likely N-dealkylation sites (tertiary alicyclic amines) is 1. The van der Waals surface area contributed by atoms with Crippen LogP contribution in [0.1, 0.15) is 41.6 Å². The summed E-state index contributed by atoms with van der Waals surface area (Å²) in [4.78, 5) is 18.6. The van der Waals surface area contributed by atoms with Crippen molar-refractivity contribution in [3.05, 3.63) is 47.1 Å². The molecule has 134 valence electrons. The van der Waals surface area contributed by atoms with E-state index in [2.05, 4.69) is 15.5 Å². The van der Waals surface area contributed by atoms with Crippen molar-refractivity contribution >= 4 is 6.03 Å². The fourth-order valence-electron chi connectivity index (χ4n) is 2.98. The molecule has 0 radical (unpaired) electrons. The number of aryl methyl sites for hydroxylation is 1. The van der Waals surface area contributed by atoms with E-state index in [-0.39, 0.29) is 11.9 Å². The van der Waals surface area contributed by atoms with E-state index in [4.69, 9.17) is 9.26 Å². The first-order chi connectivity index (χ1) is 12.2. The molecule has 2 amide bonds. The first kappa shape index (κ1) is 17.4. The molecule has 0 aliphatic carbocycles. The van der Waals surface area contributed by atoms with Gasteiger partial charge >= 0.3 is 6.03 Å². The summed E-state index contributed by atoms with van der Waals surface area (Å²) < 4.78 is 10.2. The molecule has 25 heavy (non-hydrogen) atoms. The van der Waals surface area contributed by atoms with Crippen molar-refractivity contribution < 1.29 is 14.1 Å². The Bertz CT molecular complexity index is 699. The van der Waals surface area contributed by atoms with Gasteiger partial charge in [0.05, 0.1) is 0 Å². The minimum atomic E-state index is -0.0501. The van der Waals surface area contributed by atoms with E-state index in [9.17, 15) is 4.79 Å². The Balaban J connectivity index is 1.54. The van der Waals surface area contributed by atoms with E-state index in [0.29, 0.717) is 31.4 Å². The van der Waals surface area contributed by atoms with Gasteiger partial charge < -0.3 is 19.5 Å². The molecule has 1 N–H and O–H groups in total. The van der Waals surface area contributed by atoms with Gasteiger partial charge in [-0.05, 0) is 25.3 Å². The lowest BCUT2D eigenvalue weighted by Crippen LogP contribution is -2.44. The molecule has 1 aliphatic rings. The largest absolute Gasteiger partial charge is 0.375 e. The third kappa shape index (κ3) is 4.57. The molecule has 1 aromatic carbocycles. The molecule has 0 saturated carbocycles. The van der Waals surface area contributed by atoms with E-state index in [1.807, 2.05) is 36.1 Å². The second-order valence-electron chi connectivity index (χ2n) is 6.41. The minimum Gasteiger partial charge on any atom is -0.375 e. The molecule has 0 bridgehead atoms. The molecule has 7 heteroatoms. The van der Waals surface area contributed by atoms with Gasteiger partial charge in [0, 0.05) is 32.7 Å². The highest BCUT2D eigenvalue weighted by atomic mass is 16.5. The quantitative estimate of drug-likeness (QED) is 0.902. The van der Waals surface area contributed by atoms with E-state index in [1.54, 1.807) is 7.11 Å². The topological polar surface area (TPSA) is 80.5 Å². The third-order valence-electron chi connectivity index (χ3n) is 4.39. The molecule has 2 aromatic rings. The van der Waals surface area contributed by atoms with Crippen molar-refractivity contribution in [2.45, 2.75) is 38.8 Å². The van der Waals surface area contributed by atoms with Gasteiger partial charge in [0.1, 0.15) is 6.61 Å². The average molecular weight is 344 g/mol. The summed E-state index contributed by atoms with van der Waals surface area (Å²) in [6.45, 7) is 4.23. The number of carbonyl (C=O) groups is 1. The lowest BCUT2D eigenvalue weighted by atomic mass is 9.98. The number of ether oxygens (including phenoxy) is 1. The number of piperidine rings is 1. The molecule has 7 nitrogen and oxygen atoms in total. The van der Waals surface area contributed by atoms with E-state index >= 15 is 0 Å². The van der Waals surface area contributed by atoms with Crippen LogP contribution < -0.4 is 5.32 Å². The van der Waals surface area contributed by atoms with Gasteiger partial charge in [0.25, 0.3) is 5.89 Å². The van der Waals surface area contributed by atoms with Crippen LogP contribution in [-0.4, -0.2) is 41.3 Å². The van der Waals surface area contributed by atoms with Gasteiger partial charge in [-0.2, -0.15) is 4.98 Å². The van der Waals surface area contributed by atoms with Crippen LogP contribution in [0.25, 0.3) is 0 Å². The Morgan fingerprint density at radius 1 is 1.40 bits per heavy atom. The zero-order valence-electron chi connectivity index (χ0n) is 14.7.